The van der Waals surface area contributed by atoms with Crippen LogP contribution in [0, 0.1) is 0 Å². The molecule has 0 aromatic carbocycles. The second-order valence-electron chi connectivity index (χ2n) is 6.20. The van der Waals surface area contributed by atoms with Crippen molar-refractivity contribution in [2.24, 2.45) is 0 Å². The molecule has 0 spiro atoms. The van der Waals surface area contributed by atoms with Crippen LogP contribution in [0.15, 0.2) is 11.1 Å². The van der Waals surface area contributed by atoms with E-state index in [1.165, 1.54) is 31.7 Å². The fraction of sp³-hybridized carbons (Fsp3) is 0.500. The van der Waals surface area contributed by atoms with Crippen LogP contribution in [0.5, 0.6) is 0 Å². The fourth-order valence-electron chi connectivity index (χ4n) is 3.00. The van der Waals surface area contributed by atoms with Gasteiger partial charge in [0.05, 0.1) is 6.33 Å². The van der Waals surface area contributed by atoms with Gasteiger partial charge in [0.2, 0.25) is 0 Å². The topological polar surface area (TPSA) is 152 Å². The van der Waals surface area contributed by atoms with E-state index < -0.39 is 48.1 Å². The van der Waals surface area contributed by atoms with Crippen molar-refractivity contribution in [3.63, 3.8) is 0 Å². The number of aromatic nitrogens is 4. The summed E-state index contributed by atoms with van der Waals surface area (Å²) in [5.41, 5.74) is -0.473. The summed E-state index contributed by atoms with van der Waals surface area (Å²) in [6, 6.07) is 0. The number of hydrogen-bond acceptors (Lipinski definition) is 10. The quantitative estimate of drug-likeness (QED) is 0.394. The Morgan fingerprint density at radius 1 is 1.17 bits per heavy atom. The molecule has 29 heavy (non-hydrogen) atoms. The molecule has 156 valence electrons. The Balaban J connectivity index is 2.05. The molecule has 1 N–H and O–H groups in total. The maximum Gasteiger partial charge on any atom is 0.348 e. The largest absolute Gasteiger partial charge is 0.463 e. The number of carbonyl (C=O) groups excluding carboxylic acids is 3. The molecule has 2 aromatic rings. The summed E-state index contributed by atoms with van der Waals surface area (Å²) in [4.78, 5) is 56.4. The van der Waals surface area contributed by atoms with Crippen LogP contribution in [-0.2, 0) is 33.3 Å². The summed E-state index contributed by atoms with van der Waals surface area (Å²) in [6.07, 6.45) is -2.96. The molecule has 0 bridgehead atoms. The highest BCUT2D eigenvalue weighted by atomic mass is 35.5. The van der Waals surface area contributed by atoms with Crippen molar-refractivity contribution in [1.82, 2.24) is 19.5 Å². The van der Waals surface area contributed by atoms with Crippen LogP contribution in [-0.4, -0.2) is 62.3 Å². The standard InChI is InChI=1S/C16H17ClN4O8/c1-6(22)26-4-9-11(27-7(2)23)12(28-8(3)24)15(29-9)21-5-18-10-13(17)19-16(25)20-14(10)21/h5,9,11-12,15H,4H2,1-3H3,(H,19,20,25)/t9-,11+,12+,15-/m1/s1. The highest BCUT2D eigenvalue weighted by Crippen LogP contribution is 2.36. The number of nitrogens with zero attached hydrogens (tertiary/aromatic N) is 3. The van der Waals surface area contributed by atoms with Crippen molar-refractivity contribution in [3.8, 4) is 0 Å². The van der Waals surface area contributed by atoms with Crippen molar-refractivity contribution in [1.29, 1.82) is 0 Å². The fourth-order valence-corrected chi connectivity index (χ4v) is 3.21. The molecule has 0 radical (unpaired) electrons. The third-order valence-electron chi connectivity index (χ3n) is 4.01. The van der Waals surface area contributed by atoms with Crippen LogP contribution in [0.25, 0.3) is 11.2 Å². The molecule has 0 unspecified atom stereocenters. The Bertz CT molecular complexity index is 1020. The first-order chi connectivity index (χ1) is 13.7. The van der Waals surface area contributed by atoms with Crippen molar-refractivity contribution >= 4 is 40.7 Å². The van der Waals surface area contributed by atoms with E-state index in [0.29, 0.717) is 0 Å². The number of imidazole rings is 1. The zero-order valence-electron chi connectivity index (χ0n) is 15.6. The summed E-state index contributed by atoms with van der Waals surface area (Å²) in [7, 11) is 0. The van der Waals surface area contributed by atoms with E-state index in [1.54, 1.807) is 0 Å². The molecule has 4 atom stereocenters. The molecule has 1 aliphatic rings. The minimum Gasteiger partial charge on any atom is -0.463 e. The summed E-state index contributed by atoms with van der Waals surface area (Å²) in [5.74, 6) is -1.89. The van der Waals surface area contributed by atoms with E-state index in [0.717, 1.165) is 0 Å². The molecule has 1 aliphatic heterocycles. The number of esters is 3. The van der Waals surface area contributed by atoms with E-state index in [9.17, 15) is 19.2 Å². The van der Waals surface area contributed by atoms with E-state index in [4.69, 9.17) is 30.5 Å². The smallest absolute Gasteiger partial charge is 0.348 e. The maximum atomic E-state index is 11.7. The molecule has 0 amide bonds. The Kier molecular flexibility index (Phi) is 5.84. The van der Waals surface area contributed by atoms with Gasteiger partial charge in [0.15, 0.2) is 24.1 Å². The SMILES string of the molecule is CC(=O)OC[C@H]1O[C@@H](n2cnc3c(Cl)[nH]c(=O)nc32)[C@@H](OC(C)=O)[C@H]1OC(C)=O. The predicted octanol–water partition coefficient (Wildman–Crippen LogP) is 0.0969. The molecule has 1 saturated heterocycles. The summed E-state index contributed by atoms with van der Waals surface area (Å²) in [6.45, 7) is 3.29. The third kappa shape index (κ3) is 4.38. The van der Waals surface area contributed by atoms with E-state index in [2.05, 4.69) is 15.0 Å². The van der Waals surface area contributed by atoms with Crippen molar-refractivity contribution in [2.45, 2.75) is 45.3 Å². The minimum atomic E-state index is -1.13. The third-order valence-corrected chi connectivity index (χ3v) is 4.29. The number of hydrogen-bond donors (Lipinski definition) is 1. The lowest BCUT2D eigenvalue weighted by Gasteiger charge is -2.23. The second-order valence-corrected chi connectivity index (χ2v) is 6.57. The first-order valence-corrected chi connectivity index (χ1v) is 8.80. The molecular formula is C16H17ClN4O8. The van der Waals surface area contributed by atoms with Gasteiger partial charge in [-0.05, 0) is 0 Å². The Morgan fingerprint density at radius 2 is 1.83 bits per heavy atom. The van der Waals surface area contributed by atoms with Gasteiger partial charge < -0.3 is 18.9 Å². The van der Waals surface area contributed by atoms with Crippen molar-refractivity contribution in [2.75, 3.05) is 6.61 Å². The lowest BCUT2D eigenvalue weighted by atomic mass is 10.1. The van der Waals surface area contributed by atoms with Gasteiger partial charge >= 0.3 is 23.6 Å². The molecule has 13 heteroatoms. The number of nitrogens with one attached hydrogen (secondary N) is 1. The molecule has 0 aliphatic carbocycles. The van der Waals surface area contributed by atoms with Crippen LogP contribution in [0.4, 0.5) is 0 Å². The van der Waals surface area contributed by atoms with Crippen LogP contribution < -0.4 is 5.69 Å². The molecular weight excluding hydrogens is 412 g/mol. The molecule has 3 heterocycles. The average Bonchev–Trinajstić information content (AvgIpc) is 3.15. The molecule has 1 fully saturated rings. The minimum absolute atomic E-state index is 0.0335. The highest BCUT2D eigenvalue weighted by Gasteiger charge is 2.51. The van der Waals surface area contributed by atoms with Gasteiger partial charge in [-0.2, -0.15) is 4.98 Å². The Morgan fingerprint density at radius 3 is 2.45 bits per heavy atom. The first-order valence-electron chi connectivity index (χ1n) is 8.43. The van der Waals surface area contributed by atoms with Gasteiger partial charge in [0.1, 0.15) is 23.4 Å². The molecule has 2 aromatic heterocycles. The average molecular weight is 429 g/mol. The van der Waals surface area contributed by atoms with Crippen molar-refractivity contribution in [3.05, 3.63) is 22.0 Å². The summed E-state index contributed by atoms with van der Waals surface area (Å²) < 4.78 is 22.8. The molecule has 12 nitrogen and oxygen atoms in total. The van der Waals surface area contributed by atoms with Crippen LogP contribution >= 0.6 is 11.6 Å². The van der Waals surface area contributed by atoms with Crippen LogP contribution in [0.2, 0.25) is 5.15 Å². The lowest BCUT2D eigenvalue weighted by Crippen LogP contribution is -2.40. The van der Waals surface area contributed by atoms with Gasteiger partial charge in [0, 0.05) is 20.8 Å². The van der Waals surface area contributed by atoms with Crippen LogP contribution in [0.3, 0.4) is 0 Å². The summed E-state index contributed by atoms with van der Waals surface area (Å²) >= 11 is 5.99. The number of halogens is 1. The number of ether oxygens (including phenoxy) is 4. The number of carbonyl (C=O) groups is 3. The van der Waals surface area contributed by atoms with Gasteiger partial charge in [-0.15, -0.1) is 0 Å². The van der Waals surface area contributed by atoms with Gasteiger partial charge in [-0.25, -0.2) is 9.78 Å². The monoisotopic (exact) mass is 428 g/mol. The second kappa shape index (κ2) is 8.17. The highest BCUT2D eigenvalue weighted by molar-refractivity contribution is 6.33. The number of fused-ring (bicyclic) bond motifs is 1. The van der Waals surface area contributed by atoms with E-state index in [1.807, 2.05) is 0 Å². The maximum absolute atomic E-state index is 11.7. The zero-order chi connectivity index (χ0) is 21.3. The van der Waals surface area contributed by atoms with E-state index >= 15 is 0 Å². The lowest BCUT2D eigenvalue weighted by molar-refractivity contribution is -0.166. The Hall–Kier alpha value is -2.99. The first kappa shape index (κ1) is 20.7. The van der Waals surface area contributed by atoms with Gasteiger partial charge in [-0.1, -0.05) is 11.6 Å². The van der Waals surface area contributed by atoms with E-state index in [-0.39, 0.29) is 22.9 Å². The predicted molar refractivity (Wildman–Crippen MR) is 94.8 cm³/mol. The Labute approximate surface area is 168 Å². The van der Waals surface area contributed by atoms with Gasteiger partial charge in [-0.3, -0.25) is 23.9 Å². The summed E-state index contributed by atoms with van der Waals surface area (Å²) in [5, 5.41) is -0.0335. The zero-order valence-corrected chi connectivity index (χ0v) is 16.3. The number of H-pyrrole nitrogens is 1. The normalized spacial score (nSPS) is 23.7. The van der Waals surface area contributed by atoms with Gasteiger partial charge in [0.25, 0.3) is 0 Å². The number of rotatable bonds is 5. The van der Waals surface area contributed by atoms with Crippen molar-refractivity contribution < 1.29 is 33.3 Å². The number of aromatic amines is 1. The van der Waals surface area contributed by atoms with Crippen LogP contribution in [0.1, 0.15) is 27.0 Å². The molecule has 0 saturated carbocycles. The molecule has 3 rings (SSSR count).